The second kappa shape index (κ2) is 10.3. The lowest BCUT2D eigenvalue weighted by atomic mass is 10.1. The van der Waals surface area contributed by atoms with E-state index < -0.39 is 5.82 Å². The Hall–Kier alpha value is -3.79. The zero-order chi connectivity index (χ0) is 22.2. The van der Waals surface area contributed by atoms with Crippen LogP contribution in [0.4, 0.5) is 4.39 Å². The van der Waals surface area contributed by atoms with Crippen molar-refractivity contribution in [3.8, 4) is 34.5 Å². The van der Waals surface area contributed by atoms with E-state index in [-0.39, 0.29) is 22.1 Å². The lowest BCUT2D eigenvalue weighted by molar-refractivity contribution is 0.112. The summed E-state index contributed by atoms with van der Waals surface area (Å²) < 4.78 is 14.2. The molecular weight excluding hydrogens is 417 g/mol. The van der Waals surface area contributed by atoms with Crippen LogP contribution in [0.2, 0.25) is 5.02 Å². The van der Waals surface area contributed by atoms with E-state index in [0.717, 1.165) is 12.7 Å². The summed E-state index contributed by atoms with van der Waals surface area (Å²) in [7, 11) is 1.00. The van der Waals surface area contributed by atoms with Gasteiger partial charge in [-0.25, -0.2) is 14.4 Å². The maximum absolute atomic E-state index is 14.2. The molecule has 4 aromatic rings. The molecule has 0 saturated carbocycles. The molecule has 0 bridgehead atoms. The summed E-state index contributed by atoms with van der Waals surface area (Å²) in [5, 5.41) is 7.20. The third-order valence-corrected chi connectivity index (χ3v) is 4.51. The number of aromatic amines is 1. The van der Waals surface area contributed by atoms with Gasteiger partial charge >= 0.3 is 0 Å². The molecule has 0 spiro atoms. The van der Waals surface area contributed by atoms with Crippen LogP contribution >= 0.6 is 11.6 Å². The van der Waals surface area contributed by atoms with Gasteiger partial charge in [0, 0.05) is 24.4 Å². The van der Waals surface area contributed by atoms with Crippen LogP contribution in [0.5, 0.6) is 0 Å². The minimum absolute atomic E-state index is 0.113. The fraction of sp³-hybridized carbons (Fsp3) is 0.0417. The first kappa shape index (κ1) is 21.9. The molecule has 0 fully saturated rings. The van der Waals surface area contributed by atoms with Crippen molar-refractivity contribution < 1.29 is 14.3 Å². The summed E-state index contributed by atoms with van der Waals surface area (Å²) >= 11 is 6.11. The number of aliphatic hydroxyl groups excluding tert-OH is 1. The summed E-state index contributed by atoms with van der Waals surface area (Å²) in [5.74, 6) is 5.67. The standard InChI is InChI=1S/C23H13ClFN3O.CH4O/c24-18-7-4-8-19(25)21(18)23-27-20(14-29)22(28-23)16-10-12-17(26-13-16)11-9-15-5-2-1-3-6-15;1-2/h1-8,10,12-14H,(H,27,28);2H,1H3. The second-order valence-corrected chi connectivity index (χ2v) is 6.52. The number of aromatic nitrogens is 3. The van der Waals surface area contributed by atoms with Crippen molar-refractivity contribution in [2.75, 3.05) is 7.11 Å². The molecule has 5 nitrogen and oxygen atoms in total. The number of halogens is 2. The highest BCUT2D eigenvalue weighted by Crippen LogP contribution is 2.31. The number of hydrogen-bond acceptors (Lipinski definition) is 4. The third-order valence-electron chi connectivity index (χ3n) is 4.19. The number of imidazole rings is 1. The van der Waals surface area contributed by atoms with Gasteiger partial charge in [-0.15, -0.1) is 0 Å². The van der Waals surface area contributed by atoms with E-state index in [2.05, 4.69) is 26.8 Å². The number of benzene rings is 2. The largest absolute Gasteiger partial charge is 0.400 e. The van der Waals surface area contributed by atoms with Crippen LogP contribution in [0.15, 0.2) is 66.9 Å². The van der Waals surface area contributed by atoms with Gasteiger partial charge in [0.1, 0.15) is 28.7 Å². The normalized spacial score (nSPS) is 9.81. The molecule has 0 aliphatic carbocycles. The zero-order valence-electron chi connectivity index (χ0n) is 16.4. The molecule has 0 radical (unpaired) electrons. The Kier molecular flexibility index (Phi) is 7.28. The smallest absolute Gasteiger partial charge is 0.168 e. The molecule has 0 aliphatic heterocycles. The molecular formula is C24H17ClFN3O2. The highest BCUT2D eigenvalue weighted by atomic mass is 35.5. The molecule has 0 amide bonds. The Morgan fingerprint density at radius 2 is 1.81 bits per heavy atom. The van der Waals surface area contributed by atoms with Gasteiger partial charge in [0.25, 0.3) is 0 Å². The molecule has 154 valence electrons. The minimum Gasteiger partial charge on any atom is -0.400 e. The van der Waals surface area contributed by atoms with Gasteiger partial charge in [0.2, 0.25) is 0 Å². The number of nitrogens with zero attached hydrogens (tertiary/aromatic N) is 2. The first-order valence-electron chi connectivity index (χ1n) is 9.13. The van der Waals surface area contributed by atoms with Crippen LogP contribution in [0.25, 0.3) is 22.6 Å². The van der Waals surface area contributed by atoms with Crippen molar-refractivity contribution in [1.82, 2.24) is 15.0 Å². The summed E-state index contributed by atoms with van der Waals surface area (Å²) in [6, 6.07) is 17.4. The fourth-order valence-corrected chi connectivity index (χ4v) is 3.05. The number of H-pyrrole nitrogens is 1. The summed E-state index contributed by atoms with van der Waals surface area (Å²) in [6.45, 7) is 0. The van der Waals surface area contributed by atoms with Crippen LogP contribution in [-0.4, -0.2) is 33.5 Å². The number of hydrogen-bond donors (Lipinski definition) is 2. The van der Waals surface area contributed by atoms with Crippen molar-refractivity contribution in [3.63, 3.8) is 0 Å². The Labute approximate surface area is 183 Å². The van der Waals surface area contributed by atoms with E-state index in [1.807, 2.05) is 30.3 Å². The maximum atomic E-state index is 14.2. The summed E-state index contributed by atoms with van der Waals surface area (Å²) in [6.07, 6.45) is 2.20. The SMILES string of the molecule is CO.O=Cc1[nH]c(-c2c(F)cccc2Cl)nc1-c1ccc(C#Cc2ccccc2)nc1. The predicted octanol–water partition coefficient (Wildman–Crippen LogP) is 4.75. The van der Waals surface area contributed by atoms with E-state index in [0.29, 0.717) is 23.2 Å². The van der Waals surface area contributed by atoms with Gasteiger partial charge in [0.05, 0.1) is 10.6 Å². The van der Waals surface area contributed by atoms with E-state index in [9.17, 15) is 9.18 Å². The highest BCUT2D eigenvalue weighted by Gasteiger charge is 2.18. The van der Waals surface area contributed by atoms with Crippen LogP contribution in [0.1, 0.15) is 21.7 Å². The van der Waals surface area contributed by atoms with Gasteiger partial charge in [-0.3, -0.25) is 4.79 Å². The number of carbonyl (C=O) groups is 1. The molecule has 2 N–H and O–H groups in total. The molecule has 2 aromatic heterocycles. The molecule has 2 aromatic carbocycles. The Morgan fingerprint density at radius 3 is 2.45 bits per heavy atom. The summed E-state index contributed by atoms with van der Waals surface area (Å²) in [4.78, 5) is 23.0. The lowest BCUT2D eigenvalue weighted by Gasteiger charge is -2.01. The number of aliphatic hydroxyl groups is 1. The van der Waals surface area contributed by atoms with E-state index in [1.54, 1.807) is 24.4 Å². The first-order valence-corrected chi connectivity index (χ1v) is 9.51. The number of pyridine rings is 1. The predicted molar refractivity (Wildman–Crippen MR) is 118 cm³/mol. The molecule has 0 aliphatic rings. The van der Waals surface area contributed by atoms with Crippen LogP contribution in [0.3, 0.4) is 0 Å². The zero-order valence-corrected chi connectivity index (χ0v) is 17.2. The van der Waals surface area contributed by atoms with E-state index in [1.165, 1.54) is 12.1 Å². The number of nitrogens with one attached hydrogen (secondary N) is 1. The molecule has 4 rings (SSSR count). The Balaban J connectivity index is 0.00000132. The van der Waals surface area contributed by atoms with Crippen LogP contribution in [0, 0.1) is 17.7 Å². The summed E-state index contributed by atoms with van der Waals surface area (Å²) in [5.41, 5.74) is 2.77. The average molecular weight is 434 g/mol. The van der Waals surface area contributed by atoms with Gasteiger partial charge in [-0.1, -0.05) is 41.8 Å². The molecule has 0 saturated heterocycles. The lowest BCUT2D eigenvalue weighted by Crippen LogP contribution is -1.89. The average Bonchev–Trinajstić information content (AvgIpc) is 3.24. The van der Waals surface area contributed by atoms with Crippen molar-refractivity contribution in [1.29, 1.82) is 0 Å². The van der Waals surface area contributed by atoms with Gasteiger partial charge in [-0.2, -0.15) is 0 Å². The quantitative estimate of drug-likeness (QED) is 0.361. The van der Waals surface area contributed by atoms with Gasteiger partial charge < -0.3 is 10.1 Å². The van der Waals surface area contributed by atoms with Crippen LogP contribution < -0.4 is 0 Å². The molecule has 2 heterocycles. The Morgan fingerprint density at radius 1 is 1.03 bits per heavy atom. The van der Waals surface area contributed by atoms with Crippen molar-refractivity contribution in [3.05, 3.63) is 94.7 Å². The van der Waals surface area contributed by atoms with Crippen molar-refractivity contribution in [2.24, 2.45) is 0 Å². The number of aldehydes is 1. The van der Waals surface area contributed by atoms with Crippen molar-refractivity contribution in [2.45, 2.75) is 0 Å². The molecule has 7 heteroatoms. The topological polar surface area (TPSA) is 78.9 Å². The number of carbonyl (C=O) groups excluding carboxylic acids is 1. The number of rotatable bonds is 3. The second-order valence-electron chi connectivity index (χ2n) is 6.11. The third kappa shape index (κ3) is 5.04. The Bertz CT molecular complexity index is 1220. The van der Waals surface area contributed by atoms with E-state index >= 15 is 0 Å². The molecule has 0 atom stereocenters. The highest BCUT2D eigenvalue weighted by molar-refractivity contribution is 6.33. The molecule has 0 unspecified atom stereocenters. The first-order chi connectivity index (χ1) is 15.2. The maximum Gasteiger partial charge on any atom is 0.168 e. The van der Waals surface area contributed by atoms with Gasteiger partial charge in [-0.05, 0) is 42.3 Å². The molecule has 31 heavy (non-hydrogen) atoms. The van der Waals surface area contributed by atoms with Crippen molar-refractivity contribution >= 4 is 17.9 Å². The monoisotopic (exact) mass is 433 g/mol. The van der Waals surface area contributed by atoms with Gasteiger partial charge in [0.15, 0.2) is 6.29 Å². The van der Waals surface area contributed by atoms with Crippen LogP contribution in [-0.2, 0) is 0 Å². The van der Waals surface area contributed by atoms with E-state index in [4.69, 9.17) is 16.7 Å². The minimum atomic E-state index is -0.528. The fourth-order valence-electron chi connectivity index (χ4n) is 2.80.